The lowest BCUT2D eigenvalue weighted by Gasteiger charge is -2.12. The molecular formula is C16H17N3O4S. The Hall–Kier alpha value is -2.74. The number of nitrogens with one attached hydrogen (secondary N) is 3. The zero-order valence-electron chi connectivity index (χ0n) is 12.9. The van der Waals surface area contributed by atoms with Crippen LogP contribution in [-0.2, 0) is 20.9 Å². The number of rotatable bonds is 5. The number of carbonyl (C=O) groups excluding carboxylic acids is 3. The fraction of sp³-hybridized carbons (Fsp3) is 0.188. The van der Waals surface area contributed by atoms with Gasteiger partial charge in [0, 0.05) is 4.90 Å². The third-order valence-corrected chi connectivity index (χ3v) is 4.05. The van der Waals surface area contributed by atoms with Crippen LogP contribution in [0.4, 0.5) is 0 Å². The molecule has 24 heavy (non-hydrogen) atoms. The standard InChI is InChI=1S/C16H17N3O4S/c1-11(24-13-7-3-2-4-8-13)14(20)18-19-16(22)15(21)17-10-12-6-5-9-23-12/h2-9,11H,10H2,1H3,(H,17,21)(H,18,20)(H,19,22)/t11-/m0/s1. The first-order valence-corrected chi connectivity index (χ1v) is 8.06. The van der Waals surface area contributed by atoms with E-state index in [1.54, 1.807) is 19.1 Å². The molecule has 0 spiro atoms. The van der Waals surface area contributed by atoms with Gasteiger partial charge in [0.25, 0.3) is 5.91 Å². The molecule has 7 nitrogen and oxygen atoms in total. The maximum Gasteiger partial charge on any atom is 0.327 e. The molecule has 1 atom stereocenters. The molecule has 0 radical (unpaired) electrons. The predicted molar refractivity (Wildman–Crippen MR) is 88.6 cm³/mol. The van der Waals surface area contributed by atoms with E-state index in [1.165, 1.54) is 18.0 Å². The summed E-state index contributed by atoms with van der Waals surface area (Å²) in [5, 5.41) is 1.94. The van der Waals surface area contributed by atoms with Crippen molar-refractivity contribution in [3.05, 3.63) is 54.5 Å². The molecule has 3 N–H and O–H groups in total. The van der Waals surface area contributed by atoms with Crippen LogP contribution in [0.25, 0.3) is 0 Å². The Balaban J connectivity index is 1.71. The zero-order chi connectivity index (χ0) is 17.4. The summed E-state index contributed by atoms with van der Waals surface area (Å²) in [4.78, 5) is 36.1. The number of hydrazine groups is 1. The van der Waals surface area contributed by atoms with Crippen LogP contribution in [0, 0.1) is 0 Å². The molecule has 1 heterocycles. The van der Waals surface area contributed by atoms with E-state index in [0.717, 1.165) is 4.90 Å². The van der Waals surface area contributed by atoms with E-state index in [9.17, 15) is 14.4 Å². The van der Waals surface area contributed by atoms with Crippen molar-refractivity contribution < 1.29 is 18.8 Å². The highest BCUT2D eigenvalue weighted by Crippen LogP contribution is 2.22. The van der Waals surface area contributed by atoms with Crippen LogP contribution >= 0.6 is 11.8 Å². The molecule has 1 aromatic carbocycles. The smallest absolute Gasteiger partial charge is 0.327 e. The van der Waals surface area contributed by atoms with Crippen molar-refractivity contribution in [3.63, 3.8) is 0 Å². The summed E-state index contributed by atoms with van der Waals surface area (Å²) in [6, 6.07) is 12.7. The molecule has 0 aliphatic heterocycles. The second-order valence-electron chi connectivity index (χ2n) is 4.78. The monoisotopic (exact) mass is 347 g/mol. The van der Waals surface area contributed by atoms with Crippen LogP contribution < -0.4 is 16.2 Å². The third kappa shape index (κ3) is 5.47. The molecule has 3 amide bonds. The van der Waals surface area contributed by atoms with Crippen LogP contribution in [0.15, 0.2) is 58.0 Å². The van der Waals surface area contributed by atoms with Gasteiger partial charge in [-0.1, -0.05) is 18.2 Å². The van der Waals surface area contributed by atoms with Crippen LogP contribution in [0.3, 0.4) is 0 Å². The highest BCUT2D eigenvalue weighted by molar-refractivity contribution is 8.00. The summed E-state index contributed by atoms with van der Waals surface area (Å²) >= 11 is 1.34. The van der Waals surface area contributed by atoms with Crippen LogP contribution in [0.2, 0.25) is 0 Å². The topological polar surface area (TPSA) is 100 Å². The van der Waals surface area contributed by atoms with E-state index in [2.05, 4.69) is 16.2 Å². The van der Waals surface area contributed by atoms with Crippen molar-refractivity contribution >= 4 is 29.5 Å². The largest absolute Gasteiger partial charge is 0.467 e. The summed E-state index contributed by atoms with van der Waals surface area (Å²) in [6.07, 6.45) is 1.47. The normalized spacial score (nSPS) is 11.4. The minimum Gasteiger partial charge on any atom is -0.467 e. The summed E-state index contributed by atoms with van der Waals surface area (Å²) in [5.74, 6) is -1.70. The Bertz CT molecular complexity index is 689. The summed E-state index contributed by atoms with van der Waals surface area (Å²) in [5.41, 5.74) is 4.32. The van der Waals surface area contributed by atoms with Crippen molar-refractivity contribution in [2.24, 2.45) is 0 Å². The number of hydrogen-bond acceptors (Lipinski definition) is 5. The Morgan fingerprint density at radius 2 is 1.79 bits per heavy atom. The van der Waals surface area contributed by atoms with E-state index in [4.69, 9.17) is 4.42 Å². The Kier molecular flexibility index (Phi) is 6.44. The van der Waals surface area contributed by atoms with Gasteiger partial charge in [0.05, 0.1) is 18.1 Å². The SMILES string of the molecule is C[C@H](Sc1ccccc1)C(=O)NNC(=O)C(=O)NCc1ccco1. The number of thioether (sulfide) groups is 1. The number of carbonyl (C=O) groups is 3. The van der Waals surface area contributed by atoms with E-state index >= 15 is 0 Å². The number of amides is 3. The lowest BCUT2D eigenvalue weighted by atomic mass is 10.4. The maximum atomic E-state index is 11.9. The molecule has 1 aromatic heterocycles. The highest BCUT2D eigenvalue weighted by atomic mass is 32.2. The van der Waals surface area contributed by atoms with Crippen molar-refractivity contribution in [2.75, 3.05) is 0 Å². The molecular weight excluding hydrogens is 330 g/mol. The second kappa shape index (κ2) is 8.78. The van der Waals surface area contributed by atoms with Gasteiger partial charge in [0.15, 0.2) is 0 Å². The summed E-state index contributed by atoms with van der Waals surface area (Å²) in [7, 11) is 0. The van der Waals surface area contributed by atoms with Crippen molar-refractivity contribution in [3.8, 4) is 0 Å². The summed E-state index contributed by atoms with van der Waals surface area (Å²) in [6.45, 7) is 1.80. The molecule has 2 aromatic rings. The lowest BCUT2D eigenvalue weighted by Crippen LogP contribution is -2.50. The maximum absolute atomic E-state index is 11.9. The third-order valence-electron chi connectivity index (χ3n) is 2.93. The number of hydrogen-bond donors (Lipinski definition) is 3. The highest BCUT2D eigenvalue weighted by Gasteiger charge is 2.18. The fourth-order valence-corrected chi connectivity index (χ4v) is 2.58. The molecule has 0 unspecified atom stereocenters. The lowest BCUT2D eigenvalue weighted by molar-refractivity contribution is -0.141. The van der Waals surface area contributed by atoms with Gasteiger partial charge in [-0.25, -0.2) is 0 Å². The zero-order valence-corrected chi connectivity index (χ0v) is 13.8. The van der Waals surface area contributed by atoms with Gasteiger partial charge < -0.3 is 9.73 Å². The van der Waals surface area contributed by atoms with Gasteiger partial charge in [-0.15, -0.1) is 11.8 Å². The average molecular weight is 347 g/mol. The first kappa shape index (κ1) is 17.6. The van der Waals surface area contributed by atoms with E-state index < -0.39 is 23.0 Å². The van der Waals surface area contributed by atoms with E-state index in [0.29, 0.717) is 5.76 Å². The Morgan fingerprint density at radius 1 is 1.04 bits per heavy atom. The Morgan fingerprint density at radius 3 is 2.46 bits per heavy atom. The first-order chi connectivity index (χ1) is 11.6. The molecule has 0 bridgehead atoms. The minimum absolute atomic E-state index is 0.0907. The molecule has 0 fully saturated rings. The molecule has 0 aliphatic carbocycles. The second-order valence-corrected chi connectivity index (χ2v) is 6.19. The molecule has 0 saturated heterocycles. The van der Waals surface area contributed by atoms with Gasteiger partial charge >= 0.3 is 11.8 Å². The fourth-order valence-electron chi connectivity index (χ4n) is 1.69. The molecule has 0 saturated carbocycles. The number of benzene rings is 1. The summed E-state index contributed by atoms with van der Waals surface area (Å²) < 4.78 is 5.03. The average Bonchev–Trinajstić information content (AvgIpc) is 3.11. The molecule has 2 rings (SSSR count). The van der Waals surface area contributed by atoms with Gasteiger partial charge in [-0.05, 0) is 31.2 Å². The van der Waals surface area contributed by atoms with Gasteiger partial charge in [0.1, 0.15) is 5.76 Å². The Labute approximate surface area is 143 Å². The number of furan rings is 1. The minimum atomic E-state index is -0.952. The molecule has 0 aliphatic rings. The van der Waals surface area contributed by atoms with Gasteiger partial charge in [-0.2, -0.15) is 0 Å². The van der Waals surface area contributed by atoms with Crippen molar-refractivity contribution in [1.29, 1.82) is 0 Å². The molecule has 126 valence electrons. The van der Waals surface area contributed by atoms with E-state index in [-0.39, 0.29) is 6.54 Å². The van der Waals surface area contributed by atoms with Crippen LogP contribution in [0.1, 0.15) is 12.7 Å². The van der Waals surface area contributed by atoms with Crippen molar-refractivity contribution in [2.45, 2.75) is 23.6 Å². The van der Waals surface area contributed by atoms with Crippen LogP contribution in [-0.4, -0.2) is 23.0 Å². The molecule has 8 heteroatoms. The van der Waals surface area contributed by atoms with Crippen LogP contribution in [0.5, 0.6) is 0 Å². The van der Waals surface area contributed by atoms with Crippen molar-refractivity contribution in [1.82, 2.24) is 16.2 Å². The quantitative estimate of drug-likeness (QED) is 0.429. The first-order valence-electron chi connectivity index (χ1n) is 7.18. The van der Waals surface area contributed by atoms with Gasteiger partial charge in [0.2, 0.25) is 0 Å². The van der Waals surface area contributed by atoms with Gasteiger partial charge in [-0.3, -0.25) is 25.2 Å². The van der Waals surface area contributed by atoms with E-state index in [1.807, 2.05) is 30.3 Å². The predicted octanol–water partition coefficient (Wildman–Crippen LogP) is 1.22.